The minimum absolute atomic E-state index is 0.00597. The Morgan fingerprint density at radius 3 is 2.39 bits per heavy atom. The van der Waals surface area contributed by atoms with E-state index < -0.39 is 11.6 Å². The van der Waals surface area contributed by atoms with Crippen molar-refractivity contribution in [3.8, 4) is 0 Å². The Labute approximate surface area is 113 Å². The standard InChI is InChI=1S/C12H15BrF2N2O/c1-17(2)11(18)4-3-5-16-12-9(14)6-8(13)7-10(12)15/h6-7,16H,3-5H2,1-2H3. The normalized spacial score (nSPS) is 10.3. The summed E-state index contributed by atoms with van der Waals surface area (Å²) in [5, 5.41) is 2.66. The van der Waals surface area contributed by atoms with Crippen LogP contribution in [0.25, 0.3) is 0 Å². The minimum Gasteiger partial charge on any atom is -0.380 e. The molecule has 0 aromatic heterocycles. The SMILES string of the molecule is CN(C)C(=O)CCCNc1c(F)cc(Br)cc1F. The van der Waals surface area contributed by atoms with Crippen molar-refractivity contribution < 1.29 is 13.6 Å². The zero-order valence-corrected chi connectivity index (χ0v) is 11.9. The Hall–Kier alpha value is -1.17. The van der Waals surface area contributed by atoms with E-state index >= 15 is 0 Å². The van der Waals surface area contributed by atoms with Crippen molar-refractivity contribution in [2.75, 3.05) is 26.0 Å². The number of amides is 1. The Morgan fingerprint density at radius 1 is 1.33 bits per heavy atom. The highest BCUT2D eigenvalue weighted by Crippen LogP contribution is 2.23. The highest BCUT2D eigenvalue weighted by atomic mass is 79.9. The molecular weight excluding hydrogens is 306 g/mol. The summed E-state index contributed by atoms with van der Waals surface area (Å²) < 4.78 is 27.2. The number of hydrogen-bond donors (Lipinski definition) is 1. The van der Waals surface area contributed by atoms with Gasteiger partial charge in [0.15, 0.2) is 0 Å². The number of rotatable bonds is 5. The average molecular weight is 321 g/mol. The second-order valence-electron chi connectivity index (χ2n) is 4.06. The summed E-state index contributed by atoms with van der Waals surface area (Å²) in [7, 11) is 3.34. The maximum Gasteiger partial charge on any atom is 0.222 e. The summed E-state index contributed by atoms with van der Waals surface area (Å²) in [5.41, 5.74) is -0.157. The summed E-state index contributed by atoms with van der Waals surface area (Å²) in [6.45, 7) is 0.342. The molecular formula is C12H15BrF2N2O. The molecule has 0 radical (unpaired) electrons. The second-order valence-corrected chi connectivity index (χ2v) is 4.98. The third kappa shape index (κ3) is 4.25. The lowest BCUT2D eigenvalue weighted by molar-refractivity contribution is -0.128. The number of carbonyl (C=O) groups is 1. The van der Waals surface area contributed by atoms with Crippen molar-refractivity contribution in [2.45, 2.75) is 12.8 Å². The summed E-state index contributed by atoms with van der Waals surface area (Å²) in [5.74, 6) is -1.31. The van der Waals surface area contributed by atoms with Gasteiger partial charge in [0, 0.05) is 31.5 Å². The molecule has 3 nitrogen and oxygen atoms in total. The average Bonchev–Trinajstić information content (AvgIpc) is 2.26. The van der Waals surface area contributed by atoms with Gasteiger partial charge >= 0.3 is 0 Å². The van der Waals surface area contributed by atoms with Gasteiger partial charge in [0.05, 0.1) is 0 Å². The monoisotopic (exact) mass is 320 g/mol. The molecule has 0 aliphatic rings. The molecule has 1 rings (SSSR count). The Kier molecular flexibility index (Phi) is 5.53. The topological polar surface area (TPSA) is 32.3 Å². The molecule has 0 spiro atoms. The molecule has 1 aromatic rings. The van der Waals surface area contributed by atoms with Gasteiger partial charge in [-0.1, -0.05) is 15.9 Å². The summed E-state index contributed by atoms with van der Waals surface area (Å²) >= 11 is 3.01. The Morgan fingerprint density at radius 2 is 1.89 bits per heavy atom. The first-order chi connectivity index (χ1) is 8.41. The van der Waals surface area contributed by atoms with E-state index in [-0.39, 0.29) is 11.6 Å². The summed E-state index contributed by atoms with van der Waals surface area (Å²) in [6, 6.07) is 2.38. The van der Waals surface area contributed by atoms with Gasteiger partial charge in [-0.05, 0) is 18.6 Å². The van der Waals surface area contributed by atoms with Gasteiger partial charge in [-0.25, -0.2) is 8.78 Å². The van der Waals surface area contributed by atoms with Crippen LogP contribution in [-0.2, 0) is 4.79 Å². The third-order valence-corrected chi connectivity index (χ3v) is 2.83. The molecule has 0 aliphatic carbocycles. The maximum absolute atomic E-state index is 13.4. The molecule has 1 aromatic carbocycles. The number of anilines is 1. The Balaban J connectivity index is 2.47. The largest absolute Gasteiger partial charge is 0.380 e. The lowest BCUT2D eigenvalue weighted by atomic mass is 10.2. The van der Waals surface area contributed by atoms with Crippen LogP contribution in [0.2, 0.25) is 0 Å². The Bertz CT molecular complexity index is 415. The molecule has 100 valence electrons. The van der Waals surface area contributed by atoms with Crippen LogP contribution in [0.5, 0.6) is 0 Å². The fourth-order valence-corrected chi connectivity index (χ4v) is 1.79. The van der Waals surface area contributed by atoms with E-state index in [2.05, 4.69) is 21.2 Å². The molecule has 1 N–H and O–H groups in total. The molecule has 18 heavy (non-hydrogen) atoms. The molecule has 0 saturated carbocycles. The van der Waals surface area contributed by atoms with Crippen molar-refractivity contribution in [3.63, 3.8) is 0 Å². The van der Waals surface area contributed by atoms with Gasteiger partial charge < -0.3 is 10.2 Å². The minimum atomic E-state index is -0.652. The first-order valence-electron chi connectivity index (χ1n) is 5.50. The summed E-state index contributed by atoms with van der Waals surface area (Å²) in [6.07, 6.45) is 0.867. The number of nitrogens with one attached hydrogen (secondary N) is 1. The first kappa shape index (κ1) is 14.9. The number of carbonyl (C=O) groups excluding carboxylic acids is 1. The highest BCUT2D eigenvalue weighted by Gasteiger charge is 2.10. The van der Waals surface area contributed by atoms with Crippen LogP contribution in [0, 0.1) is 11.6 Å². The van der Waals surface area contributed by atoms with Crippen molar-refractivity contribution in [3.05, 3.63) is 28.2 Å². The van der Waals surface area contributed by atoms with Crippen molar-refractivity contribution in [1.29, 1.82) is 0 Å². The lowest BCUT2D eigenvalue weighted by Gasteiger charge is -2.11. The predicted octanol–water partition coefficient (Wildman–Crippen LogP) is 3.01. The van der Waals surface area contributed by atoms with E-state index in [1.807, 2.05) is 0 Å². The number of halogens is 3. The number of benzene rings is 1. The van der Waals surface area contributed by atoms with E-state index in [0.717, 1.165) is 0 Å². The first-order valence-corrected chi connectivity index (χ1v) is 6.29. The van der Waals surface area contributed by atoms with Crippen molar-refractivity contribution in [2.24, 2.45) is 0 Å². The van der Waals surface area contributed by atoms with Crippen LogP contribution in [-0.4, -0.2) is 31.4 Å². The highest BCUT2D eigenvalue weighted by molar-refractivity contribution is 9.10. The van der Waals surface area contributed by atoms with E-state index in [9.17, 15) is 13.6 Å². The van der Waals surface area contributed by atoms with E-state index in [4.69, 9.17) is 0 Å². The molecule has 1 amide bonds. The number of hydrogen-bond acceptors (Lipinski definition) is 2. The lowest BCUT2D eigenvalue weighted by Crippen LogP contribution is -2.22. The van der Waals surface area contributed by atoms with Crippen LogP contribution in [0.1, 0.15) is 12.8 Å². The molecule has 0 saturated heterocycles. The number of nitrogens with zero attached hydrogens (tertiary/aromatic N) is 1. The predicted molar refractivity (Wildman–Crippen MR) is 70.5 cm³/mol. The van der Waals surface area contributed by atoms with E-state index in [0.29, 0.717) is 23.9 Å². The molecule has 6 heteroatoms. The van der Waals surface area contributed by atoms with Crippen LogP contribution in [0.15, 0.2) is 16.6 Å². The second kappa shape index (κ2) is 6.68. The molecule has 0 bridgehead atoms. The quantitative estimate of drug-likeness (QED) is 0.846. The van der Waals surface area contributed by atoms with Crippen LogP contribution >= 0.6 is 15.9 Å². The van der Waals surface area contributed by atoms with Crippen molar-refractivity contribution >= 4 is 27.5 Å². The molecule has 0 heterocycles. The van der Waals surface area contributed by atoms with Crippen LogP contribution < -0.4 is 5.32 Å². The fourth-order valence-electron chi connectivity index (χ4n) is 1.39. The van der Waals surface area contributed by atoms with Gasteiger partial charge in [0.2, 0.25) is 5.91 Å². The van der Waals surface area contributed by atoms with Gasteiger partial charge in [0.1, 0.15) is 17.3 Å². The zero-order valence-electron chi connectivity index (χ0n) is 10.3. The van der Waals surface area contributed by atoms with Gasteiger partial charge in [-0.3, -0.25) is 4.79 Å². The van der Waals surface area contributed by atoms with Gasteiger partial charge in [-0.15, -0.1) is 0 Å². The molecule has 0 unspecified atom stereocenters. The summed E-state index contributed by atoms with van der Waals surface area (Å²) in [4.78, 5) is 12.8. The molecule has 0 atom stereocenters. The van der Waals surface area contributed by atoms with E-state index in [1.165, 1.54) is 17.0 Å². The van der Waals surface area contributed by atoms with Crippen molar-refractivity contribution in [1.82, 2.24) is 4.90 Å². The third-order valence-electron chi connectivity index (χ3n) is 2.37. The van der Waals surface area contributed by atoms with Crippen LogP contribution in [0.3, 0.4) is 0 Å². The molecule has 0 fully saturated rings. The zero-order chi connectivity index (χ0) is 13.7. The van der Waals surface area contributed by atoms with E-state index in [1.54, 1.807) is 14.1 Å². The van der Waals surface area contributed by atoms with Gasteiger partial charge in [-0.2, -0.15) is 0 Å². The fraction of sp³-hybridized carbons (Fsp3) is 0.417. The smallest absolute Gasteiger partial charge is 0.222 e. The maximum atomic E-state index is 13.4. The molecule has 0 aliphatic heterocycles. The van der Waals surface area contributed by atoms with Gasteiger partial charge in [0.25, 0.3) is 0 Å². The van der Waals surface area contributed by atoms with Crippen LogP contribution in [0.4, 0.5) is 14.5 Å².